The maximum absolute atomic E-state index is 13.0. The molecule has 0 aliphatic carbocycles. The summed E-state index contributed by atoms with van der Waals surface area (Å²) in [6.45, 7) is 3.34. The molecule has 8 heteroatoms. The number of nitrogens with zero attached hydrogens (tertiary/aromatic N) is 1. The second-order valence-electron chi connectivity index (χ2n) is 5.97. The number of carbonyl (C=O) groups excluding carboxylic acids is 1. The van der Waals surface area contributed by atoms with Crippen molar-refractivity contribution in [1.82, 2.24) is 0 Å². The topological polar surface area (TPSA) is 66.5 Å². The number of amides is 1. The first kappa shape index (κ1) is 18.2. The summed E-state index contributed by atoms with van der Waals surface area (Å²) in [7, 11) is -3.90. The van der Waals surface area contributed by atoms with Crippen LogP contribution in [-0.2, 0) is 21.2 Å². The lowest BCUT2D eigenvalue weighted by Gasteiger charge is -2.23. The highest BCUT2D eigenvalue weighted by Gasteiger charge is 2.35. The van der Waals surface area contributed by atoms with Crippen molar-refractivity contribution >= 4 is 54.8 Å². The third-order valence-corrected chi connectivity index (χ3v) is 6.11. The molecule has 0 saturated carbocycles. The van der Waals surface area contributed by atoms with Gasteiger partial charge in [-0.25, -0.2) is 8.42 Å². The van der Waals surface area contributed by atoms with Crippen molar-refractivity contribution in [3.8, 4) is 0 Å². The van der Waals surface area contributed by atoms with Crippen LogP contribution in [0.15, 0.2) is 45.8 Å². The molecule has 0 saturated heterocycles. The molecule has 1 atom stereocenters. The van der Waals surface area contributed by atoms with Crippen LogP contribution in [0.2, 0.25) is 5.02 Å². The van der Waals surface area contributed by atoms with Crippen LogP contribution in [0.5, 0.6) is 0 Å². The van der Waals surface area contributed by atoms with Crippen molar-refractivity contribution in [2.24, 2.45) is 0 Å². The van der Waals surface area contributed by atoms with Gasteiger partial charge in [0.2, 0.25) is 5.91 Å². The van der Waals surface area contributed by atoms with E-state index in [4.69, 9.17) is 11.6 Å². The Morgan fingerprint density at radius 2 is 2.04 bits per heavy atom. The number of halogens is 2. The molecule has 0 radical (unpaired) electrons. The van der Waals surface area contributed by atoms with Crippen molar-refractivity contribution in [2.75, 3.05) is 9.62 Å². The monoisotopic (exact) mass is 442 g/mol. The van der Waals surface area contributed by atoms with Gasteiger partial charge in [-0.1, -0.05) is 33.6 Å². The predicted molar refractivity (Wildman–Crippen MR) is 103 cm³/mol. The van der Waals surface area contributed by atoms with E-state index in [1.54, 1.807) is 18.2 Å². The Labute approximate surface area is 160 Å². The van der Waals surface area contributed by atoms with Gasteiger partial charge in [-0.3, -0.25) is 9.52 Å². The molecule has 3 rings (SSSR count). The van der Waals surface area contributed by atoms with Gasteiger partial charge in [-0.15, -0.1) is 0 Å². The zero-order valence-corrected chi connectivity index (χ0v) is 16.7. The SMILES string of the molecule is CC(=O)N1c2c(cc(Br)cc2S(=O)(=O)Nc2cccc(Cl)c2)CC1C. The molecule has 0 spiro atoms. The van der Waals surface area contributed by atoms with Gasteiger partial charge in [0, 0.05) is 22.5 Å². The second kappa shape index (κ2) is 6.63. The molecule has 0 fully saturated rings. The highest BCUT2D eigenvalue weighted by molar-refractivity contribution is 9.10. The van der Waals surface area contributed by atoms with E-state index in [2.05, 4.69) is 20.7 Å². The summed E-state index contributed by atoms with van der Waals surface area (Å²) in [5.41, 5.74) is 1.63. The maximum atomic E-state index is 13.0. The van der Waals surface area contributed by atoms with Gasteiger partial charge in [0.25, 0.3) is 10.0 Å². The minimum Gasteiger partial charge on any atom is -0.308 e. The van der Waals surface area contributed by atoms with Crippen molar-refractivity contribution in [3.63, 3.8) is 0 Å². The summed E-state index contributed by atoms with van der Waals surface area (Å²) in [4.78, 5) is 13.7. The van der Waals surface area contributed by atoms with E-state index in [1.165, 1.54) is 24.0 Å². The molecule has 1 aliphatic heterocycles. The summed E-state index contributed by atoms with van der Waals surface area (Å²) in [6.07, 6.45) is 0.605. The molecule has 0 bridgehead atoms. The van der Waals surface area contributed by atoms with E-state index in [0.717, 1.165) is 5.56 Å². The van der Waals surface area contributed by atoms with Crippen molar-refractivity contribution in [2.45, 2.75) is 31.2 Å². The Hall–Kier alpha value is -1.57. The Balaban J connectivity index is 2.13. The van der Waals surface area contributed by atoms with Crippen molar-refractivity contribution in [3.05, 3.63) is 51.5 Å². The summed E-state index contributed by atoms with van der Waals surface area (Å²) in [5, 5.41) is 0.429. The van der Waals surface area contributed by atoms with E-state index < -0.39 is 10.0 Å². The quantitative estimate of drug-likeness (QED) is 0.773. The van der Waals surface area contributed by atoms with Crippen LogP contribution in [0.1, 0.15) is 19.4 Å². The summed E-state index contributed by atoms with van der Waals surface area (Å²) >= 11 is 9.29. The highest BCUT2D eigenvalue weighted by Crippen LogP contribution is 2.40. The molecule has 1 N–H and O–H groups in total. The third-order valence-electron chi connectivity index (χ3n) is 4.02. The van der Waals surface area contributed by atoms with Crippen LogP contribution in [-0.4, -0.2) is 20.4 Å². The highest BCUT2D eigenvalue weighted by atomic mass is 79.9. The minimum atomic E-state index is -3.90. The lowest BCUT2D eigenvalue weighted by atomic mass is 10.1. The largest absolute Gasteiger partial charge is 0.308 e. The van der Waals surface area contributed by atoms with Gasteiger partial charge in [0.05, 0.1) is 11.4 Å². The standard InChI is InChI=1S/C17H16BrClN2O3S/c1-10-6-12-7-13(18)8-16(17(12)21(10)11(2)22)25(23,24)20-15-5-3-4-14(19)9-15/h3-5,7-10,20H,6H2,1-2H3. The number of rotatable bonds is 3. The number of nitrogens with one attached hydrogen (secondary N) is 1. The fraction of sp³-hybridized carbons (Fsp3) is 0.235. The smallest absolute Gasteiger partial charge is 0.264 e. The van der Waals surface area contributed by atoms with Gasteiger partial charge in [0.1, 0.15) is 4.90 Å². The van der Waals surface area contributed by atoms with Crippen LogP contribution >= 0.6 is 27.5 Å². The van der Waals surface area contributed by atoms with Crippen LogP contribution in [0.3, 0.4) is 0 Å². The molecule has 1 aliphatic rings. The lowest BCUT2D eigenvalue weighted by Crippen LogP contribution is -2.34. The van der Waals surface area contributed by atoms with Crippen LogP contribution < -0.4 is 9.62 Å². The first-order chi connectivity index (χ1) is 11.7. The van der Waals surface area contributed by atoms with Crippen molar-refractivity contribution in [1.29, 1.82) is 0 Å². The van der Waals surface area contributed by atoms with Crippen LogP contribution in [0.25, 0.3) is 0 Å². The van der Waals surface area contributed by atoms with Gasteiger partial charge in [0.15, 0.2) is 0 Å². The summed E-state index contributed by atoms with van der Waals surface area (Å²) in [6, 6.07) is 9.75. The third kappa shape index (κ3) is 3.54. The molecule has 132 valence electrons. The van der Waals surface area contributed by atoms with Crippen molar-refractivity contribution < 1.29 is 13.2 Å². The van der Waals surface area contributed by atoms with E-state index >= 15 is 0 Å². The number of benzene rings is 2. The molecular weight excluding hydrogens is 428 g/mol. The Morgan fingerprint density at radius 1 is 1.32 bits per heavy atom. The van der Waals surface area contributed by atoms with Crippen LogP contribution in [0.4, 0.5) is 11.4 Å². The fourth-order valence-corrected chi connectivity index (χ4v) is 5.28. The Kier molecular flexibility index (Phi) is 4.83. The zero-order chi connectivity index (χ0) is 18.4. The average molecular weight is 444 g/mol. The van der Waals surface area contributed by atoms with Crippen LogP contribution in [0, 0.1) is 0 Å². The first-order valence-electron chi connectivity index (χ1n) is 7.59. The lowest BCUT2D eigenvalue weighted by molar-refractivity contribution is -0.116. The zero-order valence-electron chi connectivity index (χ0n) is 13.6. The van der Waals surface area contributed by atoms with E-state index in [1.807, 2.05) is 13.0 Å². The normalized spacial score (nSPS) is 16.6. The minimum absolute atomic E-state index is 0.0661. The molecule has 1 heterocycles. The first-order valence-corrected chi connectivity index (χ1v) is 10.2. The fourth-order valence-electron chi connectivity index (χ4n) is 3.12. The van der Waals surface area contributed by atoms with E-state index in [-0.39, 0.29) is 16.8 Å². The second-order valence-corrected chi connectivity index (χ2v) is 8.97. The number of sulfonamides is 1. The van der Waals surface area contributed by atoms with Gasteiger partial charge in [-0.2, -0.15) is 0 Å². The molecule has 2 aromatic rings. The molecule has 0 aromatic heterocycles. The summed E-state index contributed by atoms with van der Waals surface area (Å²) < 4.78 is 29.2. The maximum Gasteiger partial charge on any atom is 0.264 e. The molecule has 5 nitrogen and oxygen atoms in total. The molecule has 1 unspecified atom stereocenters. The van der Waals surface area contributed by atoms with Gasteiger partial charge < -0.3 is 4.90 Å². The molecule has 25 heavy (non-hydrogen) atoms. The molecule has 2 aromatic carbocycles. The predicted octanol–water partition coefficient (Wildman–Crippen LogP) is 4.20. The number of carbonyl (C=O) groups is 1. The number of fused-ring (bicyclic) bond motifs is 1. The van der Waals surface area contributed by atoms with E-state index in [0.29, 0.717) is 27.3 Å². The Morgan fingerprint density at radius 3 is 2.68 bits per heavy atom. The van der Waals surface area contributed by atoms with E-state index in [9.17, 15) is 13.2 Å². The molecule has 1 amide bonds. The van der Waals surface area contributed by atoms with Gasteiger partial charge in [-0.05, 0) is 49.2 Å². The number of hydrogen-bond acceptors (Lipinski definition) is 3. The van der Waals surface area contributed by atoms with Gasteiger partial charge >= 0.3 is 0 Å². The Bertz CT molecular complexity index is 962. The average Bonchev–Trinajstić information content (AvgIpc) is 2.81. The summed E-state index contributed by atoms with van der Waals surface area (Å²) in [5.74, 6) is -0.187. The number of hydrogen-bond donors (Lipinski definition) is 1. The molecular formula is C17H16BrClN2O3S. The number of anilines is 2.